The van der Waals surface area contributed by atoms with E-state index in [0.717, 1.165) is 6.42 Å². The summed E-state index contributed by atoms with van der Waals surface area (Å²) < 4.78 is 26.0. The number of hydrogen-bond donors (Lipinski definition) is 2. The van der Waals surface area contributed by atoms with Gasteiger partial charge in [-0.2, -0.15) is 0 Å². The molecule has 0 radical (unpaired) electrons. The number of carbonyl (C=O) groups is 2. The van der Waals surface area contributed by atoms with E-state index in [0.29, 0.717) is 17.3 Å². The third-order valence-corrected chi connectivity index (χ3v) is 7.20. The Kier molecular flexibility index (Phi) is 7.55. The van der Waals surface area contributed by atoms with Crippen LogP contribution in [-0.2, 0) is 19.4 Å². The summed E-state index contributed by atoms with van der Waals surface area (Å²) >= 11 is 1.30. The fourth-order valence-electron chi connectivity index (χ4n) is 2.43. The maximum Gasteiger partial charge on any atom is 0.309 e. The highest BCUT2D eigenvalue weighted by atomic mass is 32.2. The van der Waals surface area contributed by atoms with Crippen LogP contribution in [0.25, 0.3) is 0 Å². The monoisotopic (exact) mass is 408 g/mol. The van der Waals surface area contributed by atoms with Crippen molar-refractivity contribution in [3.05, 3.63) is 52.7 Å². The van der Waals surface area contributed by atoms with Gasteiger partial charge in [-0.15, -0.1) is 11.3 Å². The smallest absolute Gasteiger partial charge is 0.309 e. The molecule has 0 aliphatic heterocycles. The Labute approximate surface area is 163 Å². The molecular weight excluding hydrogens is 384 g/mol. The lowest BCUT2D eigenvalue weighted by molar-refractivity contribution is -0.139. The van der Waals surface area contributed by atoms with Gasteiger partial charge in [-0.3, -0.25) is 9.59 Å². The Morgan fingerprint density at radius 1 is 1.00 bits per heavy atom. The van der Waals surface area contributed by atoms with Gasteiger partial charge in [0.05, 0.1) is 4.90 Å². The first-order valence-corrected chi connectivity index (χ1v) is 11.1. The minimum absolute atomic E-state index is 0.172. The number of nitrogens with one attached hydrogen (secondary N) is 2. The molecule has 0 bridgehead atoms. The molecule has 2 N–H and O–H groups in total. The Balaban J connectivity index is 2.09. The zero-order chi connectivity index (χ0) is 19.9. The van der Waals surface area contributed by atoms with Gasteiger partial charge in [-0.1, -0.05) is 38.1 Å². The van der Waals surface area contributed by atoms with Crippen LogP contribution in [0.4, 0.5) is 0 Å². The van der Waals surface area contributed by atoms with Crippen LogP contribution in [0.5, 0.6) is 0 Å². The maximum atomic E-state index is 13.0. The standard InChI is InChI=1S/C19H24N2O4S2/c1-14(2)10-11-20-18(22)19(23)21-13-17(16-9-6-12-26-16)27(24,25)15-7-4-3-5-8-15/h3-9,12,14,17H,10-11,13H2,1-2H3,(H,20,22)(H,21,23). The molecule has 1 aromatic carbocycles. The highest BCUT2D eigenvalue weighted by Gasteiger charge is 2.31. The van der Waals surface area contributed by atoms with E-state index in [1.807, 2.05) is 13.8 Å². The van der Waals surface area contributed by atoms with Crippen molar-refractivity contribution in [2.75, 3.05) is 13.1 Å². The van der Waals surface area contributed by atoms with Crippen molar-refractivity contribution in [3.8, 4) is 0 Å². The number of benzene rings is 1. The summed E-state index contributed by atoms with van der Waals surface area (Å²) in [4.78, 5) is 24.7. The lowest BCUT2D eigenvalue weighted by atomic mass is 10.1. The molecule has 0 spiro atoms. The second kappa shape index (κ2) is 9.66. The Morgan fingerprint density at radius 3 is 2.26 bits per heavy atom. The number of rotatable bonds is 8. The molecule has 2 amide bonds. The first-order chi connectivity index (χ1) is 12.8. The normalized spacial score (nSPS) is 12.6. The highest BCUT2D eigenvalue weighted by Crippen LogP contribution is 2.31. The third-order valence-electron chi connectivity index (χ3n) is 3.97. The predicted molar refractivity (Wildman–Crippen MR) is 106 cm³/mol. The zero-order valence-electron chi connectivity index (χ0n) is 15.3. The van der Waals surface area contributed by atoms with Crippen LogP contribution < -0.4 is 10.6 Å². The van der Waals surface area contributed by atoms with Gasteiger partial charge < -0.3 is 10.6 Å². The number of hydrogen-bond acceptors (Lipinski definition) is 5. The van der Waals surface area contributed by atoms with Crippen molar-refractivity contribution in [1.29, 1.82) is 0 Å². The van der Waals surface area contributed by atoms with E-state index < -0.39 is 26.9 Å². The van der Waals surface area contributed by atoms with Crippen molar-refractivity contribution in [2.24, 2.45) is 5.92 Å². The van der Waals surface area contributed by atoms with Crippen molar-refractivity contribution in [3.63, 3.8) is 0 Å². The predicted octanol–water partition coefficient (Wildman–Crippen LogP) is 2.54. The number of amides is 2. The number of thiophene rings is 1. The van der Waals surface area contributed by atoms with E-state index in [1.54, 1.807) is 35.7 Å². The third kappa shape index (κ3) is 5.90. The molecule has 8 heteroatoms. The van der Waals surface area contributed by atoms with Crippen LogP contribution in [0.3, 0.4) is 0 Å². The fraction of sp³-hybridized carbons (Fsp3) is 0.368. The van der Waals surface area contributed by atoms with Gasteiger partial charge in [-0.25, -0.2) is 8.42 Å². The van der Waals surface area contributed by atoms with Crippen LogP contribution in [0.2, 0.25) is 0 Å². The quantitative estimate of drug-likeness (QED) is 0.657. The molecule has 146 valence electrons. The van der Waals surface area contributed by atoms with Crippen LogP contribution in [0.1, 0.15) is 30.4 Å². The fourth-order valence-corrected chi connectivity index (χ4v) is 5.24. The molecule has 0 aliphatic rings. The van der Waals surface area contributed by atoms with Crippen molar-refractivity contribution < 1.29 is 18.0 Å². The molecule has 0 aliphatic carbocycles. The summed E-state index contributed by atoms with van der Waals surface area (Å²) in [6, 6.07) is 11.6. The lowest BCUT2D eigenvalue weighted by Crippen LogP contribution is -2.42. The van der Waals surface area contributed by atoms with E-state index >= 15 is 0 Å². The summed E-state index contributed by atoms with van der Waals surface area (Å²) in [5, 5.41) is 5.84. The van der Waals surface area contributed by atoms with Gasteiger partial charge in [0.1, 0.15) is 5.25 Å². The van der Waals surface area contributed by atoms with Gasteiger partial charge in [0.2, 0.25) is 0 Å². The maximum absolute atomic E-state index is 13.0. The summed E-state index contributed by atoms with van der Waals surface area (Å²) in [7, 11) is -3.71. The Morgan fingerprint density at radius 2 is 1.67 bits per heavy atom. The van der Waals surface area contributed by atoms with Crippen LogP contribution >= 0.6 is 11.3 Å². The lowest BCUT2D eigenvalue weighted by Gasteiger charge is -2.17. The first kappa shape index (κ1) is 21.1. The molecule has 2 aromatic rings. The van der Waals surface area contributed by atoms with E-state index in [9.17, 15) is 18.0 Å². The van der Waals surface area contributed by atoms with Gasteiger partial charge in [0, 0.05) is 18.0 Å². The highest BCUT2D eigenvalue weighted by molar-refractivity contribution is 7.91. The summed E-state index contributed by atoms with van der Waals surface area (Å²) in [6.07, 6.45) is 0.763. The second-order valence-electron chi connectivity index (χ2n) is 6.51. The molecule has 1 heterocycles. The zero-order valence-corrected chi connectivity index (χ0v) is 17.0. The molecular formula is C19H24N2O4S2. The van der Waals surface area contributed by atoms with Crippen LogP contribution in [-0.4, -0.2) is 33.3 Å². The largest absolute Gasteiger partial charge is 0.348 e. The van der Waals surface area contributed by atoms with E-state index in [-0.39, 0.29) is 11.4 Å². The van der Waals surface area contributed by atoms with Gasteiger partial charge in [0.15, 0.2) is 9.84 Å². The Hall–Kier alpha value is -2.19. The molecule has 27 heavy (non-hydrogen) atoms. The van der Waals surface area contributed by atoms with Gasteiger partial charge in [-0.05, 0) is 35.9 Å². The minimum Gasteiger partial charge on any atom is -0.348 e. The molecule has 0 saturated carbocycles. The molecule has 1 unspecified atom stereocenters. The van der Waals surface area contributed by atoms with E-state index in [4.69, 9.17) is 0 Å². The summed E-state index contributed by atoms with van der Waals surface area (Å²) in [5.41, 5.74) is 0. The van der Waals surface area contributed by atoms with Crippen molar-refractivity contribution in [2.45, 2.75) is 30.4 Å². The molecule has 0 saturated heterocycles. The number of carbonyl (C=O) groups excluding carboxylic acids is 2. The summed E-state index contributed by atoms with van der Waals surface area (Å²) in [6.45, 7) is 4.27. The van der Waals surface area contributed by atoms with Crippen LogP contribution in [0.15, 0.2) is 52.7 Å². The topological polar surface area (TPSA) is 92.3 Å². The molecule has 2 rings (SSSR count). The van der Waals surface area contributed by atoms with E-state index in [2.05, 4.69) is 10.6 Å². The average molecular weight is 409 g/mol. The molecule has 6 nitrogen and oxygen atoms in total. The van der Waals surface area contributed by atoms with Crippen molar-refractivity contribution >= 4 is 33.0 Å². The minimum atomic E-state index is -3.71. The molecule has 0 fully saturated rings. The first-order valence-electron chi connectivity index (χ1n) is 8.70. The number of sulfone groups is 1. The van der Waals surface area contributed by atoms with Crippen molar-refractivity contribution in [1.82, 2.24) is 10.6 Å². The second-order valence-corrected chi connectivity index (χ2v) is 9.62. The molecule has 1 aromatic heterocycles. The SMILES string of the molecule is CC(C)CCNC(=O)C(=O)NCC(c1cccs1)S(=O)(=O)c1ccccc1. The Bertz CT molecular complexity index is 847. The van der Waals surface area contributed by atoms with E-state index in [1.165, 1.54) is 23.5 Å². The van der Waals surface area contributed by atoms with Gasteiger partial charge >= 0.3 is 11.8 Å². The summed E-state index contributed by atoms with van der Waals surface area (Å²) in [5.74, 6) is -1.17. The average Bonchev–Trinajstić information content (AvgIpc) is 3.16. The van der Waals surface area contributed by atoms with Gasteiger partial charge in [0.25, 0.3) is 0 Å². The molecule has 1 atom stereocenters. The van der Waals surface area contributed by atoms with Crippen LogP contribution in [0, 0.1) is 5.92 Å².